The quantitative estimate of drug-likeness (QED) is 0.850. The zero-order valence-corrected chi connectivity index (χ0v) is 13.7. The molecule has 1 heterocycles. The summed E-state index contributed by atoms with van der Waals surface area (Å²) in [4.78, 5) is 36.3. The summed E-state index contributed by atoms with van der Waals surface area (Å²) in [6.45, 7) is 8.34. The van der Waals surface area contributed by atoms with Gasteiger partial charge in [0.1, 0.15) is 6.04 Å². The van der Waals surface area contributed by atoms with Crippen molar-refractivity contribution in [3.63, 3.8) is 0 Å². The van der Waals surface area contributed by atoms with Crippen molar-refractivity contribution >= 4 is 18.2 Å². The number of imide groups is 1. The van der Waals surface area contributed by atoms with Gasteiger partial charge in [0.05, 0.1) is 0 Å². The van der Waals surface area contributed by atoms with Gasteiger partial charge in [0.15, 0.2) is 0 Å². The number of hydrogen-bond donors (Lipinski definition) is 1. The highest BCUT2D eigenvalue weighted by Gasteiger charge is 2.35. The molecule has 0 saturated heterocycles. The van der Waals surface area contributed by atoms with E-state index in [-0.39, 0.29) is 5.91 Å². The predicted octanol–water partition coefficient (Wildman–Crippen LogP) is 2.42. The largest absolute Gasteiger partial charge is 0.322 e. The second-order valence-corrected chi connectivity index (χ2v) is 5.02. The van der Waals surface area contributed by atoms with E-state index in [1.807, 2.05) is 39.8 Å². The van der Waals surface area contributed by atoms with Crippen molar-refractivity contribution in [3.8, 4) is 0 Å². The van der Waals surface area contributed by atoms with Crippen LogP contribution in [0.15, 0.2) is 18.2 Å². The van der Waals surface area contributed by atoms with Gasteiger partial charge in [-0.2, -0.15) is 0 Å². The van der Waals surface area contributed by atoms with Crippen LogP contribution < -0.4 is 5.32 Å². The predicted molar refractivity (Wildman–Crippen MR) is 85.3 cm³/mol. The molecule has 3 amide bonds. The summed E-state index contributed by atoms with van der Waals surface area (Å²) in [6, 6.07) is 5.06. The Morgan fingerprint density at radius 2 is 2.09 bits per heavy atom. The Morgan fingerprint density at radius 1 is 1.41 bits per heavy atom. The second kappa shape index (κ2) is 8.32. The van der Waals surface area contributed by atoms with Crippen LogP contribution in [0, 0.1) is 6.92 Å². The highest BCUT2D eigenvalue weighted by atomic mass is 16.2. The SMILES string of the molecule is CC.CCCC(C(=O)NC=O)N1Cc2cc(C)ccc2C1=O. The molecule has 1 aromatic rings. The summed E-state index contributed by atoms with van der Waals surface area (Å²) < 4.78 is 0. The van der Waals surface area contributed by atoms with Gasteiger partial charge in [0.2, 0.25) is 12.3 Å². The molecule has 1 atom stereocenters. The lowest BCUT2D eigenvalue weighted by Crippen LogP contribution is -2.46. The summed E-state index contributed by atoms with van der Waals surface area (Å²) in [5.74, 6) is -0.556. The van der Waals surface area contributed by atoms with E-state index >= 15 is 0 Å². The molecule has 5 heteroatoms. The highest BCUT2D eigenvalue weighted by Crippen LogP contribution is 2.27. The Hall–Kier alpha value is -2.17. The molecular formula is C17H24N2O3. The van der Waals surface area contributed by atoms with Crippen molar-refractivity contribution < 1.29 is 14.4 Å². The second-order valence-electron chi connectivity index (χ2n) is 5.02. The number of amides is 3. The molecule has 22 heavy (non-hydrogen) atoms. The first-order valence-corrected chi connectivity index (χ1v) is 7.73. The molecule has 1 aliphatic heterocycles. The Bertz CT molecular complexity index is 555. The van der Waals surface area contributed by atoms with Crippen LogP contribution in [-0.2, 0) is 16.1 Å². The van der Waals surface area contributed by atoms with E-state index < -0.39 is 11.9 Å². The number of nitrogens with one attached hydrogen (secondary N) is 1. The molecule has 1 aromatic carbocycles. The van der Waals surface area contributed by atoms with Gasteiger partial charge in [-0.15, -0.1) is 0 Å². The number of carbonyl (C=O) groups excluding carboxylic acids is 3. The minimum absolute atomic E-state index is 0.139. The van der Waals surface area contributed by atoms with E-state index in [1.54, 1.807) is 11.0 Å². The van der Waals surface area contributed by atoms with Crippen molar-refractivity contribution in [3.05, 3.63) is 34.9 Å². The molecule has 0 radical (unpaired) electrons. The van der Waals surface area contributed by atoms with E-state index in [1.165, 1.54) is 0 Å². The molecule has 0 saturated carbocycles. The molecule has 120 valence electrons. The Morgan fingerprint density at radius 3 is 2.68 bits per heavy atom. The van der Waals surface area contributed by atoms with E-state index in [9.17, 15) is 14.4 Å². The van der Waals surface area contributed by atoms with Crippen LogP contribution in [0.4, 0.5) is 0 Å². The molecule has 1 N–H and O–H groups in total. The van der Waals surface area contributed by atoms with Gasteiger partial charge in [0.25, 0.3) is 5.91 Å². The van der Waals surface area contributed by atoms with Crippen LogP contribution in [0.2, 0.25) is 0 Å². The molecule has 0 bridgehead atoms. The number of hydrogen-bond acceptors (Lipinski definition) is 3. The fraction of sp³-hybridized carbons (Fsp3) is 0.471. The first-order chi connectivity index (χ1) is 10.6. The molecule has 0 aliphatic carbocycles. The van der Waals surface area contributed by atoms with E-state index in [0.29, 0.717) is 24.9 Å². The lowest BCUT2D eigenvalue weighted by Gasteiger charge is -2.25. The van der Waals surface area contributed by atoms with Gasteiger partial charge < -0.3 is 4.90 Å². The van der Waals surface area contributed by atoms with E-state index in [0.717, 1.165) is 17.5 Å². The van der Waals surface area contributed by atoms with Crippen molar-refractivity contribution in [1.82, 2.24) is 10.2 Å². The van der Waals surface area contributed by atoms with Gasteiger partial charge in [-0.3, -0.25) is 19.7 Å². The summed E-state index contributed by atoms with van der Waals surface area (Å²) in [5, 5.41) is 2.15. The molecule has 1 aliphatic rings. The lowest BCUT2D eigenvalue weighted by atomic mass is 10.1. The van der Waals surface area contributed by atoms with Crippen molar-refractivity contribution in [2.24, 2.45) is 0 Å². The summed E-state index contributed by atoms with van der Waals surface area (Å²) in [7, 11) is 0. The maximum absolute atomic E-state index is 12.4. The Labute approximate surface area is 131 Å². The summed E-state index contributed by atoms with van der Waals surface area (Å²) in [6.07, 6.45) is 1.66. The minimum Gasteiger partial charge on any atom is -0.322 e. The van der Waals surface area contributed by atoms with E-state index in [2.05, 4.69) is 5.32 Å². The van der Waals surface area contributed by atoms with Crippen LogP contribution in [0.25, 0.3) is 0 Å². The number of fused-ring (bicyclic) bond motifs is 1. The molecular weight excluding hydrogens is 280 g/mol. The maximum atomic E-state index is 12.4. The molecule has 2 rings (SSSR count). The Balaban J connectivity index is 0.00000116. The van der Waals surface area contributed by atoms with Crippen LogP contribution >= 0.6 is 0 Å². The molecule has 5 nitrogen and oxygen atoms in total. The third kappa shape index (κ3) is 3.72. The van der Waals surface area contributed by atoms with Crippen LogP contribution in [0.1, 0.15) is 55.1 Å². The van der Waals surface area contributed by atoms with Gasteiger partial charge in [0, 0.05) is 12.1 Å². The number of aryl methyl sites for hydroxylation is 1. The smallest absolute Gasteiger partial charge is 0.255 e. The zero-order valence-electron chi connectivity index (χ0n) is 13.7. The number of carbonyl (C=O) groups is 3. The summed E-state index contributed by atoms with van der Waals surface area (Å²) >= 11 is 0. The third-order valence-electron chi connectivity index (χ3n) is 3.53. The van der Waals surface area contributed by atoms with Crippen molar-refractivity contribution in [2.75, 3.05) is 0 Å². The van der Waals surface area contributed by atoms with E-state index in [4.69, 9.17) is 0 Å². The van der Waals surface area contributed by atoms with Gasteiger partial charge in [-0.1, -0.05) is 44.9 Å². The van der Waals surface area contributed by atoms with Gasteiger partial charge in [-0.05, 0) is 25.0 Å². The molecule has 0 aromatic heterocycles. The highest BCUT2D eigenvalue weighted by molar-refractivity contribution is 6.02. The number of rotatable bonds is 5. The van der Waals surface area contributed by atoms with Crippen molar-refractivity contribution in [1.29, 1.82) is 0 Å². The number of nitrogens with zero attached hydrogens (tertiary/aromatic N) is 1. The average Bonchev–Trinajstić information content (AvgIpc) is 2.83. The Kier molecular flexibility index (Phi) is 6.76. The van der Waals surface area contributed by atoms with Crippen LogP contribution in [-0.4, -0.2) is 29.2 Å². The van der Waals surface area contributed by atoms with Gasteiger partial charge in [-0.25, -0.2) is 0 Å². The fourth-order valence-corrected chi connectivity index (χ4v) is 2.58. The first-order valence-electron chi connectivity index (χ1n) is 7.73. The fourth-order valence-electron chi connectivity index (χ4n) is 2.58. The normalized spacial score (nSPS) is 13.8. The summed E-state index contributed by atoms with van der Waals surface area (Å²) in [5.41, 5.74) is 2.67. The van der Waals surface area contributed by atoms with Crippen LogP contribution in [0.3, 0.4) is 0 Å². The van der Waals surface area contributed by atoms with Crippen LogP contribution in [0.5, 0.6) is 0 Å². The topological polar surface area (TPSA) is 66.5 Å². The number of benzene rings is 1. The molecule has 0 fully saturated rings. The van der Waals surface area contributed by atoms with Gasteiger partial charge >= 0.3 is 0 Å². The lowest BCUT2D eigenvalue weighted by molar-refractivity contribution is -0.129. The maximum Gasteiger partial charge on any atom is 0.255 e. The third-order valence-corrected chi connectivity index (χ3v) is 3.53. The standard InChI is InChI=1S/C15H18N2O3.C2H6/c1-3-4-13(14(19)16-9-18)17-8-11-7-10(2)5-6-12(11)15(17)20;1-2/h5-7,9,13H,3-4,8H2,1-2H3,(H,16,18,19);1-2H3. The average molecular weight is 304 g/mol. The first kappa shape index (κ1) is 17.9. The monoisotopic (exact) mass is 304 g/mol. The van der Waals surface area contributed by atoms with Crippen molar-refractivity contribution in [2.45, 2.75) is 53.1 Å². The molecule has 0 spiro atoms. The minimum atomic E-state index is -0.592. The zero-order chi connectivity index (χ0) is 16.7. The molecule has 1 unspecified atom stereocenters.